The van der Waals surface area contributed by atoms with Crippen LogP contribution in [0.25, 0.3) is 0 Å². The second kappa shape index (κ2) is 6.21. The molecule has 5 heteroatoms. The molecule has 1 aromatic rings. The maximum absolute atomic E-state index is 10.5. The van der Waals surface area contributed by atoms with E-state index in [4.69, 9.17) is 10.4 Å². The van der Waals surface area contributed by atoms with Crippen LogP contribution in [0.15, 0.2) is 24.3 Å². The van der Waals surface area contributed by atoms with E-state index in [1.165, 1.54) is 0 Å². The molecule has 0 bridgehead atoms. The number of rotatable bonds is 5. The minimum Gasteiger partial charge on any atom is -0.481 e. The minimum atomic E-state index is -0.780. The lowest BCUT2D eigenvalue weighted by Crippen LogP contribution is -2.34. The Morgan fingerprint density at radius 3 is 3.05 bits per heavy atom. The van der Waals surface area contributed by atoms with Gasteiger partial charge in [0.25, 0.3) is 0 Å². The summed E-state index contributed by atoms with van der Waals surface area (Å²) in [6.45, 7) is 2.20. The third kappa shape index (κ3) is 3.46. The van der Waals surface area contributed by atoms with Crippen LogP contribution in [-0.2, 0) is 4.79 Å². The molecule has 19 heavy (non-hydrogen) atoms. The van der Waals surface area contributed by atoms with Crippen molar-refractivity contribution in [3.05, 3.63) is 29.8 Å². The van der Waals surface area contributed by atoms with Gasteiger partial charge in [-0.3, -0.25) is 4.79 Å². The lowest BCUT2D eigenvalue weighted by atomic mass is 10.2. The highest BCUT2D eigenvalue weighted by Gasteiger charge is 2.23. The molecule has 1 aliphatic rings. The number of carboxylic acid groups (broad SMARTS) is 1. The van der Waals surface area contributed by atoms with Gasteiger partial charge < -0.3 is 15.3 Å². The Hall–Kier alpha value is -2.06. The third-order valence-electron chi connectivity index (χ3n) is 3.33. The van der Waals surface area contributed by atoms with E-state index in [1.807, 2.05) is 24.3 Å². The van der Waals surface area contributed by atoms with E-state index in [2.05, 4.69) is 16.3 Å². The maximum atomic E-state index is 10.5. The highest BCUT2D eigenvalue weighted by atomic mass is 16.4. The Morgan fingerprint density at radius 2 is 2.32 bits per heavy atom. The van der Waals surface area contributed by atoms with Crippen molar-refractivity contribution in [2.45, 2.75) is 18.9 Å². The van der Waals surface area contributed by atoms with Crippen LogP contribution >= 0.6 is 0 Å². The number of hydrogen-bond donors (Lipinski definition) is 2. The van der Waals surface area contributed by atoms with Crippen molar-refractivity contribution in [1.82, 2.24) is 5.32 Å². The van der Waals surface area contributed by atoms with Crippen LogP contribution in [0.1, 0.15) is 18.4 Å². The molecular weight excluding hydrogens is 242 g/mol. The van der Waals surface area contributed by atoms with Gasteiger partial charge in [-0.25, -0.2) is 0 Å². The standard InChI is InChI=1S/C14H17N3O2/c15-9-11-3-1-2-4-13(11)17-8-6-12(10-17)16-7-5-14(18)19/h1-4,12,16H,5-8,10H2,(H,18,19). The van der Waals surface area contributed by atoms with Gasteiger partial charge in [0, 0.05) is 25.7 Å². The first-order valence-electron chi connectivity index (χ1n) is 6.40. The van der Waals surface area contributed by atoms with E-state index in [0.29, 0.717) is 18.2 Å². The summed E-state index contributed by atoms with van der Waals surface area (Å²) in [7, 11) is 0. The molecule has 2 rings (SSSR count). The average Bonchev–Trinajstić information content (AvgIpc) is 2.87. The van der Waals surface area contributed by atoms with Crippen molar-refractivity contribution >= 4 is 11.7 Å². The number of nitriles is 1. The second-order valence-corrected chi connectivity index (χ2v) is 4.66. The fourth-order valence-electron chi connectivity index (χ4n) is 2.37. The van der Waals surface area contributed by atoms with Gasteiger partial charge in [-0.05, 0) is 18.6 Å². The molecule has 1 saturated heterocycles. The van der Waals surface area contributed by atoms with Crippen LogP contribution in [0, 0.1) is 11.3 Å². The zero-order chi connectivity index (χ0) is 13.7. The molecule has 1 aliphatic heterocycles. The summed E-state index contributed by atoms with van der Waals surface area (Å²) in [5.74, 6) is -0.780. The van der Waals surface area contributed by atoms with E-state index >= 15 is 0 Å². The summed E-state index contributed by atoms with van der Waals surface area (Å²) < 4.78 is 0. The topological polar surface area (TPSA) is 76.4 Å². The molecule has 1 atom stereocenters. The number of aliphatic carboxylic acids is 1. The van der Waals surface area contributed by atoms with E-state index in [1.54, 1.807) is 0 Å². The third-order valence-corrected chi connectivity index (χ3v) is 3.33. The molecule has 1 unspecified atom stereocenters. The van der Waals surface area contributed by atoms with E-state index in [-0.39, 0.29) is 6.42 Å². The molecule has 1 aromatic carbocycles. The molecule has 2 N–H and O–H groups in total. The van der Waals surface area contributed by atoms with Crippen molar-refractivity contribution in [1.29, 1.82) is 5.26 Å². The summed E-state index contributed by atoms with van der Waals surface area (Å²) in [6, 6.07) is 10.1. The molecule has 0 radical (unpaired) electrons. The molecular formula is C14H17N3O2. The lowest BCUT2D eigenvalue weighted by Gasteiger charge is -2.20. The Labute approximate surface area is 112 Å². The van der Waals surface area contributed by atoms with Gasteiger partial charge in [0.1, 0.15) is 6.07 Å². The predicted molar refractivity (Wildman–Crippen MR) is 72.0 cm³/mol. The molecule has 5 nitrogen and oxygen atoms in total. The minimum absolute atomic E-state index is 0.144. The summed E-state index contributed by atoms with van der Waals surface area (Å²) in [4.78, 5) is 12.6. The monoisotopic (exact) mass is 259 g/mol. The lowest BCUT2D eigenvalue weighted by molar-refractivity contribution is -0.136. The molecule has 0 spiro atoms. The van der Waals surface area contributed by atoms with Gasteiger partial charge in [-0.15, -0.1) is 0 Å². The van der Waals surface area contributed by atoms with Crippen molar-refractivity contribution < 1.29 is 9.90 Å². The zero-order valence-electron chi connectivity index (χ0n) is 10.7. The summed E-state index contributed by atoms with van der Waals surface area (Å²) in [6.07, 6.45) is 1.12. The molecule has 0 saturated carbocycles. The number of hydrogen-bond acceptors (Lipinski definition) is 4. The van der Waals surface area contributed by atoms with E-state index < -0.39 is 5.97 Å². The predicted octanol–water partition coefficient (Wildman–Crippen LogP) is 1.20. The number of para-hydroxylation sites is 1. The number of nitrogens with one attached hydrogen (secondary N) is 1. The van der Waals surface area contributed by atoms with Crippen LogP contribution in [0.5, 0.6) is 0 Å². The maximum Gasteiger partial charge on any atom is 0.304 e. The SMILES string of the molecule is N#Cc1ccccc1N1CCC(NCCC(=O)O)C1. The zero-order valence-corrected chi connectivity index (χ0v) is 10.7. The van der Waals surface area contributed by atoms with Gasteiger partial charge >= 0.3 is 5.97 Å². The number of carbonyl (C=O) groups is 1. The van der Waals surface area contributed by atoms with Crippen molar-refractivity contribution in [2.75, 3.05) is 24.5 Å². The Morgan fingerprint density at radius 1 is 1.53 bits per heavy atom. The number of anilines is 1. The van der Waals surface area contributed by atoms with E-state index in [9.17, 15) is 4.79 Å². The van der Waals surface area contributed by atoms with Crippen LogP contribution in [-0.4, -0.2) is 36.8 Å². The molecule has 0 aliphatic carbocycles. The summed E-state index contributed by atoms with van der Waals surface area (Å²) in [5, 5.41) is 20.9. The Balaban J connectivity index is 1.91. The first-order valence-corrected chi connectivity index (χ1v) is 6.40. The normalized spacial score (nSPS) is 18.3. The van der Waals surface area contributed by atoms with Crippen LogP contribution in [0.3, 0.4) is 0 Å². The number of benzene rings is 1. The fourth-order valence-corrected chi connectivity index (χ4v) is 2.37. The molecule has 0 amide bonds. The van der Waals surface area contributed by atoms with Crippen LogP contribution < -0.4 is 10.2 Å². The molecule has 1 fully saturated rings. The first-order chi connectivity index (χ1) is 9.20. The number of carboxylic acids is 1. The second-order valence-electron chi connectivity index (χ2n) is 4.66. The quantitative estimate of drug-likeness (QED) is 0.831. The largest absolute Gasteiger partial charge is 0.481 e. The smallest absolute Gasteiger partial charge is 0.304 e. The highest BCUT2D eigenvalue weighted by Crippen LogP contribution is 2.23. The summed E-state index contributed by atoms with van der Waals surface area (Å²) >= 11 is 0. The van der Waals surface area contributed by atoms with Crippen molar-refractivity contribution in [3.63, 3.8) is 0 Å². The number of nitrogens with zero attached hydrogens (tertiary/aromatic N) is 2. The summed E-state index contributed by atoms with van der Waals surface area (Å²) in [5.41, 5.74) is 1.65. The molecule has 1 heterocycles. The van der Waals surface area contributed by atoms with Gasteiger partial charge in [-0.1, -0.05) is 12.1 Å². The first kappa shape index (κ1) is 13.4. The van der Waals surface area contributed by atoms with Crippen molar-refractivity contribution in [2.24, 2.45) is 0 Å². The van der Waals surface area contributed by atoms with Gasteiger partial charge in [-0.2, -0.15) is 5.26 Å². The Kier molecular flexibility index (Phi) is 4.37. The Bertz CT molecular complexity index is 496. The highest BCUT2D eigenvalue weighted by molar-refractivity contribution is 5.66. The fraction of sp³-hybridized carbons (Fsp3) is 0.429. The van der Waals surface area contributed by atoms with Gasteiger partial charge in [0.05, 0.1) is 17.7 Å². The van der Waals surface area contributed by atoms with Gasteiger partial charge in [0.2, 0.25) is 0 Å². The van der Waals surface area contributed by atoms with Crippen molar-refractivity contribution in [3.8, 4) is 6.07 Å². The average molecular weight is 259 g/mol. The van der Waals surface area contributed by atoms with Crippen LogP contribution in [0.4, 0.5) is 5.69 Å². The van der Waals surface area contributed by atoms with Crippen LogP contribution in [0.2, 0.25) is 0 Å². The molecule has 100 valence electrons. The molecule has 0 aromatic heterocycles. The van der Waals surface area contributed by atoms with Gasteiger partial charge in [0.15, 0.2) is 0 Å². The van der Waals surface area contributed by atoms with E-state index in [0.717, 1.165) is 25.2 Å².